The van der Waals surface area contributed by atoms with Crippen molar-refractivity contribution in [3.63, 3.8) is 0 Å². The zero-order chi connectivity index (χ0) is 17.4. The molecule has 0 unspecified atom stereocenters. The number of benzene rings is 1. The normalized spacial score (nSPS) is 19.2. The van der Waals surface area contributed by atoms with Gasteiger partial charge in [-0.15, -0.1) is 11.3 Å². The zero-order valence-electron chi connectivity index (χ0n) is 13.9. The Bertz CT molecular complexity index is 849. The minimum atomic E-state index is -0.133. The first-order valence-electron chi connectivity index (χ1n) is 8.27. The Morgan fingerprint density at radius 3 is 2.80 bits per heavy atom. The van der Waals surface area contributed by atoms with E-state index >= 15 is 0 Å². The largest absolute Gasteiger partial charge is 0.507 e. The highest BCUT2D eigenvalue weighted by molar-refractivity contribution is 7.11. The van der Waals surface area contributed by atoms with E-state index in [4.69, 9.17) is 9.47 Å². The molecule has 1 saturated heterocycles. The summed E-state index contributed by atoms with van der Waals surface area (Å²) in [6, 6.07) is 5.23. The third-order valence-corrected chi connectivity index (χ3v) is 5.53. The summed E-state index contributed by atoms with van der Waals surface area (Å²) in [7, 11) is 0. The fourth-order valence-corrected chi connectivity index (χ4v) is 3.93. The Kier molecular flexibility index (Phi) is 4.33. The monoisotopic (exact) mass is 357 g/mol. The first-order valence-corrected chi connectivity index (χ1v) is 9.15. The summed E-state index contributed by atoms with van der Waals surface area (Å²) in [5, 5.41) is 12.3. The smallest absolute Gasteiger partial charge is 0.232 e. The number of carbonyl (C=O) groups is 1. The molecule has 0 spiro atoms. The SMILES string of the molecule is Cc1ccsc1/C=C1/Oc2c(ccc(O)c2CN2CCOCC2)C1=O. The molecule has 0 radical (unpaired) electrons. The number of nitrogens with zero attached hydrogens (tertiary/aromatic N) is 1. The van der Waals surface area contributed by atoms with E-state index < -0.39 is 0 Å². The van der Waals surface area contributed by atoms with Gasteiger partial charge in [0.25, 0.3) is 0 Å². The van der Waals surface area contributed by atoms with Crippen LogP contribution in [0.25, 0.3) is 6.08 Å². The van der Waals surface area contributed by atoms with Crippen LogP contribution >= 0.6 is 11.3 Å². The maximum absolute atomic E-state index is 12.7. The average Bonchev–Trinajstić information content (AvgIpc) is 3.16. The van der Waals surface area contributed by atoms with Crippen molar-refractivity contribution in [2.24, 2.45) is 0 Å². The zero-order valence-corrected chi connectivity index (χ0v) is 14.8. The van der Waals surface area contributed by atoms with Gasteiger partial charge in [0.15, 0.2) is 5.76 Å². The first-order chi connectivity index (χ1) is 12.1. The number of hydrogen-bond acceptors (Lipinski definition) is 6. The first kappa shape index (κ1) is 16.3. The van der Waals surface area contributed by atoms with Crippen LogP contribution < -0.4 is 4.74 Å². The number of aromatic hydroxyl groups is 1. The molecular formula is C19H19NO4S. The van der Waals surface area contributed by atoms with Crippen molar-refractivity contribution in [3.05, 3.63) is 50.9 Å². The number of aryl methyl sites for hydroxylation is 1. The van der Waals surface area contributed by atoms with Gasteiger partial charge in [0.2, 0.25) is 5.78 Å². The highest BCUT2D eigenvalue weighted by Gasteiger charge is 2.32. The minimum absolute atomic E-state index is 0.133. The highest BCUT2D eigenvalue weighted by atomic mass is 32.1. The van der Waals surface area contributed by atoms with E-state index in [0.717, 1.165) is 23.5 Å². The lowest BCUT2D eigenvalue weighted by Gasteiger charge is -2.27. The number of allylic oxidation sites excluding steroid dienone is 1. The number of rotatable bonds is 3. The van der Waals surface area contributed by atoms with Crippen molar-refractivity contribution in [2.45, 2.75) is 13.5 Å². The van der Waals surface area contributed by atoms with E-state index in [1.165, 1.54) is 0 Å². The van der Waals surface area contributed by atoms with Crippen LogP contribution in [0, 0.1) is 6.92 Å². The van der Waals surface area contributed by atoms with E-state index in [2.05, 4.69) is 4.90 Å². The van der Waals surface area contributed by atoms with Gasteiger partial charge in [-0.3, -0.25) is 9.69 Å². The Morgan fingerprint density at radius 1 is 1.28 bits per heavy atom. The standard InChI is InChI=1S/C19H19NO4S/c1-12-4-9-25-17(12)10-16-18(22)13-2-3-15(21)14(19(13)24-16)11-20-5-7-23-8-6-20/h2-4,9-10,21H,5-8,11H2,1H3/b16-10+. The van der Waals surface area contributed by atoms with E-state index in [0.29, 0.717) is 42.4 Å². The molecule has 1 aromatic heterocycles. The molecule has 1 fully saturated rings. The lowest BCUT2D eigenvalue weighted by molar-refractivity contribution is 0.0336. The van der Waals surface area contributed by atoms with Crippen LogP contribution in [-0.4, -0.2) is 42.1 Å². The highest BCUT2D eigenvalue weighted by Crippen LogP contribution is 2.40. The van der Waals surface area contributed by atoms with Crippen LogP contribution in [0.2, 0.25) is 0 Å². The fraction of sp³-hybridized carbons (Fsp3) is 0.316. The molecule has 0 atom stereocenters. The van der Waals surface area contributed by atoms with Gasteiger partial charge < -0.3 is 14.6 Å². The summed E-state index contributed by atoms with van der Waals surface area (Å²) in [6.07, 6.45) is 1.79. The third-order valence-electron chi connectivity index (χ3n) is 4.57. The molecule has 2 aromatic rings. The molecule has 6 heteroatoms. The minimum Gasteiger partial charge on any atom is -0.507 e. The summed E-state index contributed by atoms with van der Waals surface area (Å²) in [5.74, 6) is 0.823. The summed E-state index contributed by atoms with van der Waals surface area (Å²) in [4.78, 5) is 15.9. The van der Waals surface area contributed by atoms with Crippen LogP contribution in [0.4, 0.5) is 0 Å². The molecule has 4 rings (SSSR count). The van der Waals surface area contributed by atoms with Gasteiger partial charge in [-0.05, 0) is 36.1 Å². The Balaban J connectivity index is 1.67. The topological polar surface area (TPSA) is 59.0 Å². The Morgan fingerprint density at radius 2 is 2.08 bits per heavy atom. The van der Waals surface area contributed by atoms with Crippen molar-refractivity contribution < 1.29 is 19.4 Å². The summed E-state index contributed by atoms with van der Waals surface area (Å²) >= 11 is 1.57. The number of thiophene rings is 1. The second-order valence-electron chi connectivity index (χ2n) is 6.24. The van der Waals surface area contributed by atoms with Gasteiger partial charge in [0, 0.05) is 30.6 Å². The molecular weight excluding hydrogens is 338 g/mol. The van der Waals surface area contributed by atoms with Gasteiger partial charge >= 0.3 is 0 Å². The Labute approximate surface area is 150 Å². The second kappa shape index (κ2) is 6.63. The molecule has 1 aromatic carbocycles. The van der Waals surface area contributed by atoms with Crippen molar-refractivity contribution in [1.29, 1.82) is 0 Å². The quantitative estimate of drug-likeness (QED) is 0.855. The number of carbonyl (C=O) groups excluding carboxylic acids is 1. The van der Waals surface area contributed by atoms with Crippen LogP contribution in [0.3, 0.4) is 0 Å². The predicted molar refractivity (Wildman–Crippen MR) is 96.2 cm³/mol. The van der Waals surface area contributed by atoms with Crippen LogP contribution in [-0.2, 0) is 11.3 Å². The molecule has 1 N–H and O–H groups in total. The molecule has 130 valence electrons. The van der Waals surface area contributed by atoms with E-state index in [9.17, 15) is 9.90 Å². The van der Waals surface area contributed by atoms with Crippen LogP contribution in [0.1, 0.15) is 26.4 Å². The number of phenols is 1. The number of ketones is 1. The fourth-order valence-electron chi connectivity index (χ4n) is 3.08. The summed E-state index contributed by atoms with van der Waals surface area (Å²) in [6.45, 7) is 5.50. The third kappa shape index (κ3) is 3.08. The van der Waals surface area contributed by atoms with Gasteiger partial charge in [-0.25, -0.2) is 0 Å². The number of hydrogen-bond donors (Lipinski definition) is 1. The van der Waals surface area contributed by atoms with Gasteiger partial charge in [0.1, 0.15) is 11.5 Å². The van der Waals surface area contributed by atoms with Gasteiger partial charge in [-0.1, -0.05) is 0 Å². The molecule has 0 bridgehead atoms. The molecule has 0 saturated carbocycles. The summed E-state index contributed by atoms with van der Waals surface area (Å²) in [5.41, 5.74) is 2.29. The lowest BCUT2D eigenvalue weighted by Crippen LogP contribution is -2.35. The van der Waals surface area contributed by atoms with Crippen LogP contribution in [0.5, 0.6) is 11.5 Å². The van der Waals surface area contributed by atoms with Crippen molar-refractivity contribution >= 4 is 23.2 Å². The molecule has 5 nitrogen and oxygen atoms in total. The second-order valence-corrected chi connectivity index (χ2v) is 7.18. The maximum atomic E-state index is 12.7. The molecule has 2 aliphatic rings. The molecule has 25 heavy (non-hydrogen) atoms. The molecule has 2 aliphatic heterocycles. The van der Waals surface area contributed by atoms with Crippen molar-refractivity contribution in [2.75, 3.05) is 26.3 Å². The van der Waals surface area contributed by atoms with E-state index in [1.807, 2.05) is 18.4 Å². The molecule has 0 aliphatic carbocycles. The lowest BCUT2D eigenvalue weighted by atomic mass is 10.0. The molecule has 3 heterocycles. The maximum Gasteiger partial charge on any atom is 0.232 e. The van der Waals surface area contributed by atoms with Gasteiger partial charge in [-0.2, -0.15) is 0 Å². The number of ether oxygens (including phenoxy) is 2. The van der Waals surface area contributed by atoms with Crippen LogP contribution in [0.15, 0.2) is 29.3 Å². The number of fused-ring (bicyclic) bond motifs is 1. The van der Waals surface area contributed by atoms with E-state index in [-0.39, 0.29) is 11.5 Å². The number of morpholine rings is 1. The summed E-state index contributed by atoms with van der Waals surface area (Å²) < 4.78 is 11.3. The number of Topliss-reactive ketones (excluding diaryl/α,β-unsaturated/α-hetero) is 1. The Hall–Kier alpha value is -2.15. The van der Waals surface area contributed by atoms with Crippen molar-refractivity contribution in [1.82, 2.24) is 4.90 Å². The van der Waals surface area contributed by atoms with E-state index in [1.54, 1.807) is 29.5 Å². The van der Waals surface area contributed by atoms with Crippen molar-refractivity contribution in [3.8, 4) is 11.5 Å². The number of phenolic OH excluding ortho intramolecular Hbond substituents is 1. The average molecular weight is 357 g/mol. The molecule has 0 amide bonds. The predicted octanol–water partition coefficient (Wildman–Crippen LogP) is 3.21. The van der Waals surface area contributed by atoms with Gasteiger partial charge in [0.05, 0.1) is 24.3 Å².